The number of pyridine rings is 1. The third-order valence-corrected chi connectivity index (χ3v) is 11.9. The molecule has 0 saturated carbocycles. The normalized spacial score (nSPS) is 18.4. The van der Waals surface area contributed by atoms with E-state index < -0.39 is 6.17 Å². The molecule has 3 atom stereocenters. The highest BCUT2D eigenvalue weighted by Crippen LogP contribution is 2.54. The van der Waals surface area contributed by atoms with Crippen molar-refractivity contribution < 1.29 is 4.39 Å². The lowest BCUT2D eigenvalue weighted by Crippen LogP contribution is -2.31. The van der Waals surface area contributed by atoms with Crippen molar-refractivity contribution in [1.29, 1.82) is 0 Å². The van der Waals surface area contributed by atoms with E-state index in [2.05, 4.69) is 143 Å². The molecule has 0 saturated heterocycles. The van der Waals surface area contributed by atoms with Gasteiger partial charge in [-0.2, -0.15) is 0 Å². The van der Waals surface area contributed by atoms with E-state index in [1.807, 2.05) is 48.9 Å². The maximum atomic E-state index is 17.0. The van der Waals surface area contributed by atoms with E-state index in [1.54, 1.807) is 0 Å². The fourth-order valence-electron chi connectivity index (χ4n) is 9.30. The van der Waals surface area contributed by atoms with Crippen LogP contribution >= 0.6 is 0 Å². The first kappa shape index (κ1) is 31.0. The van der Waals surface area contributed by atoms with Crippen LogP contribution in [0.5, 0.6) is 0 Å². The summed E-state index contributed by atoms with van der Waals surface area (Å²) in [7, 11) is 0. The van der Waals surface area contributed by atoms with Crippen molar-refractivity contribution >= 4 is 39.0 Å². The number of alkyl halides is 1. The van der Waals surface area contributed by atoms with Gasteiger partial charge in [-0.3, -0.25) is 4.90 Å². The number of allylic oxidation sites excluding steroid dienone is 4. The fourth-order valence-corrected chi connectivity index (χ4v) is 9.30. The van der Waals surface area contributed by atoms with Crippen LogP contribution in [0.3, 0.4) is 0 Å². The summed E-state index contributed by atoms with van der Waals surface area (Å²) in [6.45, 7) is 4.56. The standard InChI is InChI=1S/C48H36FN5/c1-48(2)39-18-11-23-50-47(39)54(44-28-37-36-17-7-9-20-42(36)53(43(37)29-40(44)48)32-13-4-3-5-14-32)33-15-10-12-30(26-33)45(49)31-21-22-34-35-16-6-8-19-41(35)52-25-24-51-46(52)38(34)27-31/h3-29,34,38,45H,1-2H3. The number of fused-ring (bicyclic) bond motifs is 11. The lowest BCUT2D eigenvalue weighted by molar-refractivity contribution is 0.397. The molecule has 5 nitrogen and oxygen atoms in total. The maximum absolute atomic E-state index is 17.0. The van der Waals surface area contributed by atoms with Crippen LogP contribution in [-0.4, -0.2) is 19.1 Å². The summed E-state index contributed by atoms with van der Waals surface area (Å²) in [6, 6.07) is 44.4. The van der Waals surface area contributed by atoms with Gasteiger partial charge >= 0.3 is 0 Å². The molecule has 0 spiro atoms. The lowest BCUT2D eigenvalue weighted by Gasteiger charge is -2.41. The zero-order chi connectivity index (χ0) is 36.1. The Morgan fingerprint density at radius 3 is 2.39 bits per heavy atom. The molecule has 0 radical (unpaired) electrons. The Balaban J connectivity index is 1.05. The van der Waals surface area contributed by atoms with Crippen molar-refractivity contribution in [2.24, 2.45) is 0 Å². The number of aromatic nitrogens is 4. The monoisotopic (exact) mass is 701 g/mol. The molecule has 3 unspecified atom stereocenters. The van der Waals surface area contributed by atoms with E-state index in [1.165, 1.54) is 16.5 Å². The molecule has 3 aliphatic rings. The molecule has 5 aromatic carbocycles. The first-order chi connectivity index (χ1) is 26.5. The molecule has 54 heavy (non-hydrogen) atoms. The topological polar surface area (TPSA) is 38.9 Å². The molecular weight excluding hydrogens is 666 g/mol. The van der Waals surface area contributed by atoms with Crippen LogP contribution in [0.25, 0.3) is 33.2 Å². The number of para-hydroxylation sites is 3. The second-order valence-corrected chi connectivity index (χ2v) is 15.2. The predicted molar refractivity (Wildman–Crippen MR) is 216 cm³/mol. The Hall–Kier alpha value is -6.53. The van der Waals surface area contributed by atoms with Crippen molar-refractivity contribution in [2.45, 2.75) is 37.3 Å². The molecule has 6 heteroatoms. The number of rotatable bonds is 4. The number of hydrogen-bond acceptors (Lipinski definition) is 3. The molecule has 260 valence electrons. The van der Waals surface area contributed by atoms with Gasteiger partial charge in [-0.1, -0.05) is 105 Å². The Kier molecular flexibility index (Phi) is 6.60. The molecular formula is C48H36FN5. The molecule has 2 aliphatic heterocycles. The summed E-state index contributed by atoms with van der Waals surface area (Å²) in [5, 5.41) is 2.34. The highest BCUT2D eigenvalue weighted by atomic mass is 19.1. The molecule has 0 bridgehead atoms. The van der Waals surface area contributed by atoms with Crippen molar-refractivity contribution in [3.63, 3.8) is 0 Å². The molecule has 0 amide bonds. The van der Waals surface area contributed by atoms with Crippen LogP contribution in [0.2, 0.25) is 0 Å². The minimum atomic E-state index is -1.32. The summed E-state index contributed by atoms with van der Waals surface area (Å²) < 4.78 is 21.5. The first-order valence-electron chi connectivity index (χ1n) is 18.6. The first-order valence-corrected chi connectivity index (χ1v) is 18.6. The lowest BCUT2D eigenvalue weighted by atomic mass is 9.74. The zero-order valence-electron chi connectivity index (χ0n) is 29.9. The summed E-state index contributed by atoms with van der Waals surface area (Å²) in [5.41, 5.74) is 10.9. The van der Waals surface area contributed by atoms with Crippen LogP contribution < -0.4 is 4.90 Å². The number of nitrogens with zero attached hydrogens (tertiary/aromatic N) is 5. The summed E-state index contributed by atoms with van der Waals surface area (Å²) in [4.78, 5) is 12.0. The van der Waals surface area contributed by atoms with Gasteiger partial charge in [0.1, 0.15) is 11.6 Å². The average Bonchev–Trinajstić information content (AvgIpc) is 3.84. The van der Waals surface area contributed by atoms with Gasteiger partial charge < -0.3 is 9.13 Å². The van der Waals surface area contributed by atoms with Crippen LogP contribution in [0.15, 0.2) is 170 Å². The minimum Gasteiger partial charge on any atom is -0.309 e. The van der Waals surface area contributed by atoms with Gasteiger partial charge in [-0.25, -0.2) is 14.4 Å². The van der Waals surface area contributed by atoms with Crippen LogP contribution in [0.1, 0.15) is 59.9 Å². The Labute approximate surface area is 313 Å². The van der Waals surface area contributed by atoms with Gasteiger partial charge in [0.05, 0.1) is 22.4 Å². The van der Waals surface area contributed by atoms with Gasteiger partial charge in [0, 0.05) is 63.6 Å². The third kappa shape index (κ3) is 4.37. The number of halogens is 1. The SMILES string of the molecule is CC1(C)c2cc3c(cc2N(c2cccc(C(F)C4=CC5c6nccn6-c6ccccc6C5C=C4)c2)c2ncccc21)c1ccccc1n3-c1ccccc1. The Bertz CT molecular complexity index is 2860. The van der Waals surface area contributed by atoms with Crippen LogP contribution in [-0.2, 0) is 5.41 Å². The van der Waals surface area contributed by atoms with Crippen molar-refractivity contribution in [3.8, 4) is 11.4 Å². The van der Waals surface area contributed by atoms with E-state index in [0.29, 0.717) is 11.1 Å². The highest BCUT2D eigenvalue weighted by molar-refractivity contribution is 6.11. The van der Waals surface area contributed by atoms with Crippen molar-refractivity contribution in [3.05, 3.63) is 198 Å². The van der Waals surface area contributed by atoms with E-state index >= 15 is 4.39 Å². The van der Waals surface area contributed by atoms with E-state index in [0.717, 1.165) is 56.4 Å². The fraction of sp³-hybridized carbons (Fsp3) is 0.125. The predicted octanol–water partition coefficient (Wildman–Crippen LogP) is 11.9. The van der Waals surface area contributed by atoms with Gasteiger partial charge in [0.2, 0.25) is 0 Å². The summed E-state index contributed by atoms with van der Waals surface area (Å²) in [6.07, 6.45) is 10.6. The molecule has 8 aromatic rings. The largest absolute Gasteiger partial charge is 0.309 e. The quantitative estimate of drug-likeness (QED) is 0.183. The number of imidazole rings is 1. The highest BCUT2D eigenvalue weighted by Gasteiger charge is 2.39. The van der Waals surface area contributed by atoms with Crippen LogP contribution in [0, 0.1) is 0 Å². The van der Waals surface area contributed by atoms with E-state index in [4.69, 9.17) is 9.97 Å². The number of benzene rings is 5. The number of hydrogen-bond donors (Lipinski definition) is 0. The summed E-state index contributed by atoms with van der Waals surface area (Å²) >= 11 is 0. The maximum Gasteiger partial charge on any atom is 0.150 e. The average molecular weight is 702 g/mol. The molecule has 1 aliphatic carbocycles. The minimum absolute atomic E-state index is 0.0518. The van der Waals surface area contributed by atoms with Gasteiger partial charge in [-0.05, 0) is 76.9 Å². The van der Waals surface area contributed by atoms with E-state index in [-0.39, 0.29) is 17.3 Å². The second kappa shape index (κ2) is 11.5. The Morgan fingerprint density at radius 2 is 1.48 bits per heavy atom. The smallest absolute Gasteiger partial charge is 0.150 e. The van der Waals surface area contributed by atoms with Crippen LogP contribution in [0.4, 0.5) is 21.6 Å². The van der Waals surface area contributed by atoms with Gasteiger partial charge in [0.15, 0.2) is 6.17 Å². The van der Waals surface area contributed by atoms with Crippen molar-refractivity contribution in [1.82, 2.24) is 19.1 Å². The molecule has 0 N–H and O–H groups in total. The van der Waals surface area contributed by atoms with Crippen molar-refractivity contribution in [2.75, 3.05) is 4.90 Å². The third-order valence-electron chi connectivity index (χ3n) is 11.9. The Morgan fingerprint density at radius 1 is 0.667 bits per heavy atom. The van der Waals surface area contributed by atoms with E-state index in [9.17, 15) is 0 Å². The zero-order valence-corrected chi connectivity index (χ0v) is 29.9. The summed E-state index contributed by atoms with van der Waals surface area (Å²) in [5.74, 6) is 1.86. The number of anilines is 3. The van der Waals surface area contributed by atoms with Gasteiger partial charge in [0.25, 0.3) is 0 Å². The second-order valence-electron chi connectivity index (χ2n) is 15.2. The van der Waals surface area contributed by atoms with Gasteiger partial charge in [-0.15, -0.1) is 0 Å². The molecule has 11 rings (SSSR count). The molecule has 5 heterocycles. The molecule has 3 aromatic heterocycles. The molecule has 0 fully saturated rings.